The summed E-state index contributed by atoms with van der Waals surface area (Å²) in [5.41, 5.74) is 2.25. The number of halogens is 3. The van der Waals surface area contributed by atoms with Gasteiger partial charge in [0.1, 0.15) is 23.2 Å². The Morgan fingerprint density at radius 2 is 2.04 bits per heavy atom. The molecule has 0 spiro atoms. The highest BCUT2D eigenvalue weighted by Crippen LogP contribution is 2.32. The predicted molar refractivity (Wildman–Crippen MR) is 98.4 cm³/mol. The van der Waals surface area contributed by atoms with Gasteiger partial charge in [0.25, 0.3) is 0 Å². The Hall–Kier alpha value is -2.03. The van der Waals surface area contributed by atoms with Gasteiger partial charge < -0.3 is 15.1 Å². The Labute approximate surface area is 156 Å². The second kappa shape index (κ2) is 7.90. The van der Waals surface area contributed by atoms with Crippen LogP contribution in [0.4, 0.5) is 20.3 Å². The minimum Gasteiger partial charge on any atom is -0.508 e. The number of nitrogens with zero attached hydrogens (tertiary/aromatic N) is 1. The minimum atomic E-state index is -0.476. The van der Waals surface area contributed by atoms with Gasteiger partial charge in [0.2, 0.25) is 0 Å². The van der Waals surface area contributed by atoms with Crippen molar-refractivity contribution in [1.29, 1.82) is 0 Å². The van der Waals surface area contributed by atoms with Crippen molar-refractivity contribution in [2.24, 2.45) is 0 Å². The van der Waals surface area contributed by atoms with Gasteiger partial charge in [-0.1, -0.05) is 11.6 Å². The minimum absolute atomic E-state index is 0.0460. The number of benzene rings is 2. The van der Waals surface area contributed by atoms with Crippen molar-refractivity contribution in [3.63, 3.8) is 0 Å². The molecule has 4 nitrogen and oxygen atoms in total. The molecule has 0 aliphatic rings. The first-order valence-electron chi connectivity index (χ1n) is 7.04. The van der Waals surface area contributed by atoms with E-state index in [0.717, 1.165) is 11.9 Å². The van der Waals surface area contributed by atoms with Gasteiger partial charge in [-0.3, -0.25) is 0 Å². The second-order valence-corrected chi connectivity index (χ2v) is 6.94. The SMILES string of the molecule is Oc1ccc(F)c(CNc2cc(F)c(SNc3cscn3)cc2Cl)c1. The standard InChI is InChI=1S/C16H12ClF2N3OS2/c17-11-4-15(25-22-16-7-24-8-21-16)13(19)5-14(11)20-6-9-3-10(23)1-2-12(9)18/h1-5,7-8,20,22-23H,6H2. The van der Waals surface area contributed by atoms with Crippen molar-refractivity contribution in [2.45, 2.75) is 11.4 Å². The largest absolute Gasteiger partial charge is 0.508 e. The van der Waals surface area contributed by atoms with Crippen LogP contribution in [-0.4, -0.2) is 10.1 Å². The molecule has 0 saturated carbocycles. The van der Waals surface area contributed by atoms with Crippen LogP contribution in [0.2, 0.25) is 5.02 Å². The van der Waals surface area contributed by atoms with Crippen molar-refractivity contribution < 1.29 is 13.9 Å². The number of aromatic nitrogens is 1. The third kappa shape index (κ3) is 4.53. The number of aromatic hydroxyl groups is 1. The zero-order valence-electron chi connectivity index (χ0n) is 12.6. The van der Waals surface area contributed by atoms with Crippen molar-refractivity contribution in [3.8, 4) is 5.75 Å². The number of hydrogen-bond donors (Lipinski definition) is 3. The number of nitrogens with one attached hydrogen (secondary N) is 2. The fourth-order valence-corrected chi connectivity index (χ4v) is 3.51. The average molecular weight is 400 g/mol. The lowest BCUT2D eigenvalue weighted by Crippen LogP contribution is -2.03. The van der Waals surface area contributed by atoms with Gasteiger partial charge in [-0.25, -0.2) is 13.8 Å². The highest BCUT2D eigenvalue weighted by Gasteiger charge is 2.11. The summed E-state index contributed by atoms with van der Waals surface area (Å²) in [5.74, 6) is -0.361. The molecule has 0 fully saturated rings. The fourth-order valence-electron chi connectivity index (χ4n) is 2.00. The number of anilines is 2. The van der Waals surface area contributed by atoms with E-state index in [9.17, 15) is 13.9 Å². The lowest BCUT2D eigenvalue weighted by Gasteiger charge is -2.12. The molecule has 1 aromatic heterocycles. The Morgan fingerprint density at radius 1 is 1.20 bits per heavy atom. The van der Waals surface area contributed by atoms with Crippen LogP contribution in [0.25, 0.3) is 0 Å². The highest BCUT2D eigenvalue weighted by atomic mass is 35.5. The fraction of sp³-hybridized carbons (Fsp3) is 0.0625. The quantitative estimate of drug-likeness (QED) is 0.477. The molecule has 2 aromatic carbocycles. The van der Waals surface area contributed by atoms with E-state index in [-0.39, 0.29) is 17.9 Å². The predicted octanol–water partition coefficient (Wildman–Crippen LogP) is 5.51. The number of phenols is 1. The number of phenolic OH excluding ortho intramolecular Hbond substituents is 1. The normalized spacial score (nSPS) is 10.7. The number of hydrogen-bond acceptors (Lipinski definition) is 6. The molecular weight excluding hydrogens is 388 g/mol. The van der Waals surface area contributed by atoms with Crippen LogP contribution in [-0.2, 0) is 6.54 Å². The Kier molecular flexibility index (Phi) is 5.62. The van der Waals surface area contributed by atoms with E-state index < -0.39 is 11.6 Å². The Morgan fingerprint density at radius 3 is 2.80 bits per heavy atom. The van der Waals surface area contributed by atoms with E-state index >= 15 is 0 Å². The summed E-state index contributed by atoms with van der Waals surface area (Å²) in [6, 6.07) is 6.44. The number of thiazole rings is 1. The summed E-state index contributed by atoms with van der Waals surface area (Å²) in [6.45, 7) is 0.0585. The summed E-state index contributed by atoms with van der Waals surface area (Å²) >= 11 is 8.66. The van der Waals surface area contributed by atoms with Crippen LogP contribution in [0, 0.1) is 11.6 Å². The summed E-state index contributed by atoms with van der Waals surface area (Å²) in [6.07, 6.45) is 0. The smallest absolute Gasteiger partial charge is 0.147 e. The van der Waals surface area contributed by atoms with Gasteiger partial charge in [0, 0.05) is 17.5 Å². The van der Waals surface area contributed by atoms with E-state index in [1.165, 1.54) is 41.7 Å². The van der Waals surface area contributed by atoms with Crippen LogP contribution in [0.3, 0.4) is 0 Å². The van der Waals surface area contributed by atoms with Gasteiger partial charge in [0.05, 0.1) is 21.1 Å². The first-order valence-corrected chi connectivity index (χ1v) is 9.18. The topological polar surface area (TPSA) is 57.2 Å². The molecule has 1 heterocycles. The summed E-state index contributed by atoms with van der Waals surface area (Å²) in [5, 5.41) is 14.4. The maximum atomic E-state index is 14.2. The van der Waals surface area contributed by atoms with Gasteiger partial charge in [-0.2, -0.15) is 0 Å². The third-order valence-electron chi connectivity index (χ3n) is 3.22. The molecule has 3 aromatic rings. The Bertz CT molecular complexity index is 878. The molecule has 0 saturated heterocycles. The molecule has 3 rings (SSSR count). The van der Waals surface area contributed by atoms with Crippen LogP contribution < -0.4 is 10.0 Å². The van der Waals surface area contributed by atoms with Gasteiger partial charge in [-0.05, 0) is 42.3 Å². The molecule has 0 aliphatic carbocycles. The van der Waals surface area contributed by atoms with Gasteiger partial charge >= 0.3 is 0 Å². The number of rotatable bonds is 6. The van der Waals surface area contributed by atoms with Crippen LogP contribution in [0.1, 0.15) is 5.56 Å². The van der Waals surface area contributed by atoms with E-state index in [2.05, 4.69) is 15.0 Å². The molecule has 130 valence electrons. The van der Waals surface area contributed by atoms with Gasteiger partial charge in [0.15, 0.2) is 0 Å². The van der Waals surface area contributed by atoms with Gasteiger partial charge in [-0.15, -0.1) is 11.3 Å². The highest BCUT2D eigenvalue weighted by molar-refractivity contribution is 8.00. The zero-order chi connectivity index (χ0) is 17.8. The molecule has 0 atom stereocenters. The van der Waals surface area contributed by atoms with Crippen LogP contribution in [0.15, 0.2) is 46.1 Å². The maximum absolute atomic E-state index is 14.2. The van der Waals surface area contributed by atoms with Crippen molar-refractivity contribution in [3.05, 3.63) is 63.4 Å². The lowest BCUT2D eigenvalue weighted by atomic mass is 10.2. The molecule has 0 bridgehead atoms. The first-order chi connectivity index (χ1) is 12.0. The third-order valence-corrected chi connectivity index (χ3v) is 4.96. The monoisotopic (exact) mass is 399 g/mol. The maximum Gasteiger partial charge on any atom is 0.147 e. The second-order valence-electron chi connectivity index (χ2n) is 4.97. The lowest BCUT2D eigenvalue weighted by molar-refractivity contribution is 0.471. The van der Waals surface area contributed by atoms with Crippen LogP contribution in [0.5, 0.6) is 5.75 Å². The van der Waals surface area contributed by atoms with E-state index in [4.69, 9.17) is 11.6 Å². The van der Waals surface area contributed by atoms with E-state index in [1.807, 2.05) is 0 Å². The molecule has 3 N–H and O–H groups in total. The molecule has 25 heavy (non-hydrogen) atoms. The average Bonchev–Trinajstić information content (AvgIpc) is 3.10. The molecule has 0 aliphatic heterocycles. The molecule has 9 heteroatoms. The first kappa shape index (κ1) is 17.8. The summed E-state index contributed by atoms with van der Waals surface area (Å²) in [7, 11) is 0. The zero-order valence-corrected chi connectivity index (χ0v) is 15.0. The van der Waals surface area contributed by atoms with Crippen LogP contribution >= 0.6 is 34.9 Å². The van der Waals surface area contributed by atoms with Crippen molar-refractivity contribution in [1.82, 2.24) is 4.98 Å². The molecule has 0 unspecified atom stereocenters. The molecule has 0 amide bonds. The van der Waals surface area contributed by atoms with Crippen molar-refractivity contribution >= 4 is 46.4 Å². The molecular formula is C16H12ClF2N3OS2. The molecule has 0 radical (unpaired) electrons. The Balaban J connectivity index is 1.70. The van der Waals surface area contributed by atoms with Crippen molar-refractivity contribution in [2.75, 3.05) is 10.0 Å². The van der Waals surface area contributed by atoms with E-state index in [0.29, 0.717) is 21.4 Å². The summed E-state index contributed by atoms with van der Waals surface area (Å²) in [4.78, 5) is 4.35. The van der Waals surface area contributed by atoms with E-state index in [1.54, 1.807) is 10.9 Å². The summed E-state index contributed by atoms with van der Waals surface area (Å²) < 4.78 is 30.8.